The normalized spacial score (nSPS) is 27.9. The lowest BCUT2D eigenvalue weighted by Crippen LogP contribution is -2.58. The van der Waals surface area contributed by atoms with Crippen LogP contribution in [0.15, 0.2) is 18.3 Å². The Kier molecular flexibility index (Phi) is 9.84. The van der Waals surface area contributed by atoms with Gasteiger partial charge in [0.05, 0.1) is 18.4 Å². The maximum absolute atomic E-state index is 14.0. The Morgan fingerprint density at radius 1 is 1.24 bits per heavy atom. The van der Waals surface area contributed by atoms with Crippen LogP contribution in [0.4, 0.5) is 22.0 Å². The van der Waals surface area contributed by atoms with E-state index in [9.17, 15) is 42.1 Å². The third kappa shape index (κ3) is 6.43. The van der Waals surface area contributed by atoms with Crippen molar-refractivity contribution < 1.29 is 51.5 Å². The van der Waals surface area contributed by atoms with Gasteiger partial charge in [-0.2, -0.15) is 0 Å². The molecular weight excluding hydrogens is 591 g/mol. The van der Waals surface area contributed by atoms with E-state index in [-0.39, 0.29) is 30.6 Å². The lowest BCUT2D eigenvalue weighted by Gasteiger charge is -2.47. The Balaban J connectivity index is 1.68. The Bertz CT molecular complexity index is 1240. The number of carbonyl (C=O) groups is 1. The van der Waals surface area contributed by atoms with Crippen molar-refractivity contribution in [2.24, 2.45) is 0 Å². The van der Waals surface area contributed by atoms with Crippen molar-refractivity contribution >= 4 is 17.7 Å². The van der Waals surface area contributed by atoms with Crippen molar-refractivity contribution in [3.8, 4) is 11.3 Å². The van der Waals surface area contributed by atoms with Gasteiger partial charge in [-0.15, -0.1) is 16.9 Å². The first-order chi connectivity index (χ1) is 19.7. The van der Waals surface area contributed by atoms with Gasteiger partial charge >= 0.3 is 0 Å². The number of ether oxygens (including phenoxy) is 2. The minimum absolute atomic E-state index is 0.0684. The van der Waals surface area contributed by atoms with Gasteiger partial charge < -0.3 is 29.7 Å². The number of aromatic nitrogens is 3. The molecule has 3 N–H and O–H groups in total. The van der Waals surface area contributed by atoms with Gasteiger partial charge in [0.1, 0.15) is 40.7 Å². The molecule has 4 rings (SSSR count). The number of hydrogen-bond donors (Lipinski definition) is 3. The number of rotatable bonds is 9. The van der Waals surface area contributed by atoms with Crippen LogP contribution >= 0.6 is 11.8 Å². The van der Waals surface area contributed by atoms with E-state index in [1.54, 1.807) is 6.92 Å². The first-order valence-electron chi connectivity index (χ1n) is 13.3. The first-order valence-corrected chi connectivity index (χ1v) is 14.2. The predicted molar refractivity (Wildman–Crippen MR) is 140 cm³/mol. The maximum atomic E-state index is 14.0. The van der Waals surface area contributed by atoms with Gasteiger partial charge in [0.15, 0.2) is 17.5 Å². The molecule has 0 radical (unpaired) electrons. The van der Waals surface area contributed by atoms with Crippen molar-refractivity contribution in [3.05, 3.63) is 35.8 Å². The summed E-state index contributed by atoms with van der Waals surface area (Å²) in [7, 11) is 2.79. The second-order valence-corrected chi connectivity index (χ2v) is 11.8. The minimum Gasteiger partial charge on any atom is -0.394 e. The second kappa shape index (κ2) is 12.7. The molecule has 1 saturated carbocycles. The zero-order chi connectivity index (χ0) is 31.0. The first kappa shape index (κ1) is 32.5. The van der Waals surface area contributed by atoms with Crippen LogP contribution in [0.2, 0.25) is 0 Å². The molecule has 2 heterocycles. The molecule has 10 nitrogen and oxygen atoms in total. The van der Waals surface area contributed by atoms with Gasteiger partial charge in [-0.25, -0.2) is 26.6 Å². The SMILES string of the molecule is CCN(C)C(=O)[C@@H](S[C@@H]1O[C@H](CO)[C@H](O)[C@H](n2cc(-c3cc(F)c(F)c(F)c3)nn2)[C@H]1OC)C1(O)CCC(F)(F)CC1. The Morgan fingerprint density at radius 2 is 1.86 bits per heavy atom. The molecule has 16 heteroatoms. The number of halogens is 5. The molecule has 0 bridgehead atoms. The van der Waals surface area contributed by atoms with Gasteiger partial charge in [-0.1, -0.05) is 5.21 Å². The number of aliphatic hydroxyl groups excluding tert-OH is 2. The number of aliphatic hydroxyl groups is 3. The molecule has 1 aliphatic heterocycles. The Hall–Kier alpha value is -2.37. The van der Waals surface area contributed by atoms with E-state index >= 15 is 0 Å². The van der Waals surface area contributed by atoms with Crippen LogP contribution in [0, 0.1) is 17.5 Å². The number of hydrogen-bond acceptors (Lipinski definition) is 9. The fraction of sp³-hybridized carbons (Fsp3) is 0.654. The van der Waals surface area contributed by atoms with Gasteiger partial charge in [-0.05, 0) is 31.9 Å². The number of amides is 1. The van der Waals surface area contributed by atoms with E-state index in [2.05, 4.69) is 10.3 Å². The molecule has 1 aromatic heterocycles. The van der Waals surface area contributed by atoms with E-state index in [4.69, 9.17) is 9.47 Å². The Morgan fingerprint density at radius 3 is 2.40 bits per heavy atom. The van der Waals surface area contributed by atoms with E-state index < -0.39 is 89.4 Å². The molecule has 2 aliphatic rings. The molecule has 0 unspecified atom stereocenters. The lowest BCUT2D eigenvalue weighted by molar-refractivity contribution is -0.186. The molecule has 2 aromatic rings. The highest BCUT2D eigenvalue weighted by Gasteiger charge is 2.54. The van der Waals surface area contributed by atoms with Crippen molar-refractivity contribution in [3.63, 3.8) is 0 Å². The van der Waals surface area contributed by atoms with Crippen LogP contribution in [0.3, 0.4) is 0 Å². The molecule has 1 amide bonds. The number of nitrogens with zero attached hydrogens (tertiary/aromatic N) is 4. The average molecular weight is 625 g/mol. The summed E-state index contributed by atoms with van der Waals surface area (Å²) in [6, 6.07) is 0.315. The summed E-state index contributed by atoms with van der Waals surface area (Å²) in [5.74, 6) is -8.04. The number of methoxy groups -OCH3 is 1. The molecule has 234 valence electrons. The smallest absolute Gasteiger partial charge is 0.248 e. The van der Waals surface area contributed by atoms with Crippen LogP contribution < -0.4 is 0 Å². The topological polar surface area (TPSA) is 130 Å². The minimum atomic E-state index is -2.98. The zero-order valence-electron chi connectivity index (χ0n) is 23.1. The molecule has 6 atom stereocenters. The van der Waals surface area contributed by atoms with E-state index in [1.807, 2.05) is 0 Å². The lowest BCUT2D eigenvalue weighted by atomic mass is 9.80. The van der Waals surface area contributed by atoms with E-state index in [1.165, 1.54) is 25.3 Å². The van der Waals surface area contributed by atoms with Crippen LogP contribution in [0.25, 0.3) is 11.3 Å². The summed E-state index contributed by atoms with van der Waals surface area (Å²) in [6.45, 7) is 1.31. The van der Waals surface area contributed by atoms with Crippen molar-refractivity contribution in [1.29, 1.82) is 0 Å². The predicted octanol–water partition coefficient (Wildman–Crippen LogP) is 2.52. The highest BCUT2D eigenvalue weighted by Crippen LogP contribution is 2.47. The van der Waals surface area contributed by atoms with Crippen LogP contribution in [-0.2, 0) is 14.3 Å². The van der Waals surface area contributed by atoms with Crippen molar-refractivity contribution in [2.75, 3.05) is 27.3 Å². The summed E-state index contributed by atoms with van der Waals surface area (Å²) in [5, 5.41) is 39.2. The summed E-state index contributed by atoms with van der Waals surface area (Å²) in [6.07, 6.45) is -4.51. The van der Waals surface area contributed by atoms with E-state index in [0.29, 0.717) is 0 Å². The molecule has 1 aromatic carbocycles. The summed E-state index contributed by atoms with van der Waals surface area (Å²) in [5.41, 5.74) is -3.16. The monoisotopic (exact) mass is 624 g/mol. The van der Waals surface area contributed by atoms with E-state index in [0.717, 1.165) is 28.6 Å². The second-order valence-electron chi connectivity index (χ2n) is 10.6. The standard InChI is InChI=1S/C26H33F5N4O6S/c1-4-34(2)23(38)22(25(39)5-7-26(30,31)8-6-25)42-24-21(40-3)19(20(37)17(12-36)41-24)35-11-16(32-33-35)13-9-14(27)18(29)15(28)10-13/h9-11,17,19-22,24,36-37,39H,4-8,12H2,1-3H3/t17-,19+,20+,21-,22-,24+/m1/s1. The number of thioether (sulfide) groups is 1. The summed E-state index contributed by atoms with van der Waals surface area (Å²) in [4.78, 5) is 14.8. The van der Waals surface area contributed by atoms with Gasteiger partial charge in [-0.3, -0.25) is 4.79 Å². The van der Waals surface area contributed by atoms with Crippen LogP contribution in [0.1, 0.15) is 38.6 Å². The molecule has 42 heavy (non-hydrogen) atoms. The highest BCUT2D eigenvalue weighted by atomic mass is 32.2. The van der Waals surface area contributed by atoms with Crippen LogP contribution in [0.5, 0.6) is 0 Å². The maximum Gasteiger partial charge on any atom is 0.248 e. The largest absolute Gasteiger partial charge is 0.394 e. The third-order valence-electron chi connectivity index (χ3n) is 7.87. The number of carbonyl (C=O) groups excluding carboxylic acids is 1. The fourth-order valence-electron chi connectivity index (χ4n) is 5.20. The van der Waals surface area contributed by atoms with Gasteiger partial charge in [0.25, 0.3) is 0 Å². The summed E-state index contributed by atoms with van der Waals surface area (Å²) >= 11 is 0.826. The van der Waals surface area contributed by atoms with Crippen molar-refractivity contribution in [2.45, 2.75) is 79.2 Å². The zero-order valence-corrected chi connectivity index (χ0v) is 23.9. The average Bonchev–Trinajstić information content (AvgIpc) is 3.45. The molecule has 1 aliphatic carbocycles. The van der Waals surface area contributed by atoms with Crippen molar-refractivity contribution in [1.82, 2.24) is 19.9 Å². The highest BCUT2D eigenvalue weighted by molar-refractivity contribution is 8.01. The quantitative estimate of drug-likeness (QED) is 0.285. The number of alkyl halides is 2. The molecule has 2 fully saturated rings. The molecular formula is C26H33F5N4O6S. The molecule has 0 spiro atoms. The fourth-order valence-corrected chi connectivity index (χ4v) is 6.88. The Labute approximate surface area is 242 Å². The van der Waals surface area contributed by atoms with Gasteiger partial charge in [0.2, 0.25) is 11.8 Å². The van der Waals surface area contributed by atoms with Gasteiger partial charge in [0, 0.05) is 39.1 Å². The summed E-state index contributed by atoms with van der Waals surface area (Å²) < 4.78 is 81.8. The number of benzene rings is 1. The molecule has 1 saturated heterocycles. The third-order valence-corrected chi connectivity index (χ3v) is 9.43. The van der Waals surface area contributed by atoms with Crippen LogP contribution in [-0.4, -0.2) is 109 Å².